The normalized spacial score (nSPS) is 15.7. The number of carboxylic acid groups (broad SMARTS) is 1. The average molecular weight is 551 g/mol. The van der Waals surface area contributed by atoms with Gasteiger partial charge in [0.05, 0.1) is 5.56 Å². The Morgan fingerprint density at radius 2 is 1.79 bits per heavy atom. The summed E-state index contributed by atoms with van der Waals surface area (Å²) in [4.78, 5) is 25.7. The Hall–Kier alpha value is -3.82. The van der Waals surface area contributed by atoms with Crippen LogP contribution in [0.1, 0.15) is 29.2 Å². The van der Waals surface area contributed by atoms with Crippen molar-refractivity contribution in [2.24, 2.45) is 0 Å². The minimum absolute atomic E-state index is 0.0748. The number of carboxylic acids is 1. The number of alkyl halides is 3. The number of aromatic nitrogens is 1. The molecular formula is C30H25F3N2O3S. The third-order valence-corrected chi connectivity index (χ3v) is 7.96. The Balaban J connectivity index is 1.77. The highest BCUT2D eigenvalue weighted by atomic mass is 32.2. The first kappa shape index (κ1) is 26.8. The smallest absolute Gasteiger partial charge is 0.416 e. The fourth-order valence-electron chi connectivity index (χ4n) is 4.98. The van der Waals surface area contributed by atoms with E-state index < -0.39 is 29.3 Å². The van der Waals surface area contributed by atoms with Crippen LogP contribution in [0.5, 0.6) is 0 Å². The second-order valence-corrected chi connectivity index (χ2v) is 10.4. The molecule has 1 aromatic heterocycles. The highest BCUT2D eigenvalue weighted by molar-refractivity contribution is 7.97. The Morgan fingerprint density at radius 3 is 2.54 bits per heavy atom. The SMILES string of the molecule is C=CCCN1CC(C(=O)O)n2c(c(-c3cccc(C(F)(F)F)c3)c(Cc3cccc4ccccc34)cc2=O)S1. The van der Waals surface area contributed by atoms with Crippen molar-refractivity contribution in [1.29, 1.82) is 0 Å². The van der Waals surface area contributed by atoms with Crippen molar-refractivity contribution >= 4 is 28.7 Å². The minimum Gasteiger partial charge on any atom is -0.480 e. The molecule has 200 valence electrons. The van der Waals surface area contributed by atoms with E-state index >= 15 is 0 Å². The largest absolute Gasteiger partial charge is 0.480 e. The van der Waals surface area contributed by atoms with Crippen molar-refractivity contribution in [3.8, 4) is 11.1 Å². The number of carbonyl (C=O) groups is 1. The van der Waals surface area contributed by atoms with Gasteiger partial charge in [0.1, 0.15) is 11.1 Å². The van der Waals surface area contributed by atoms with Gasteiger partial charge in [-0.05, 0) is 64.4 Å². The standard InChI is InChI=1S/C30H25F3N2O3S/c1-2-3-14-34-18-25(29(37)38)35-26(36)17-22(15-20-10-6-9-19-8-4-5-13-24(19)20)27(28(35)39-34)21-11-7-12-23(16-21)30(31,32)33/h2,4-13,16-17,25H,1,3,14-15,18H2,(H,37,38). The zero-order chi connectivity index (χ0) is 27.7. The third kappa shape index (κ3) is 5.37. The fraction of sp³-hybridized carbons (Fsp3) is 0.200. The Kier molecular flexibility index (Phi) is 7.38. The molecule has 9 heteroatoms. The minimum atomic E-state index is -4.57. The molecule has 0 spiro atoms. The van der Waals surface area contributed by atoms with E-state index in [9.17, 15) is 27.9 Å². The predicted molar refractivity (Wildman–Crippen MR) is 147 cm³/mol. The van der Waals surface area contributed by atoms with Gasteiger partial charge in [0.15, 0.2) is 0 Å². The molecule has 0 amide bonds. The maximum Gasteiger partial charge on any atom is 0.416 e. The highest BCUT2D eigenvalue weighted by Crippen LogP contribution is 2.42. The zero-order valence-electron chi connectivity index (χ0n) is 20.8. The molecule has 4 aromatic rings. The Morgan fingerprint density at radius 1 is 1.05 bits per heavy atom. The first-order valence-corrected chi connectivity index (χ1v) is 13.1. The molecule has 2 heterocycles. The summed E-state index contributed by atoms with van der Waals surface area (Å²) in [6, 6.07) is 18.7. The molecule has 0 saturated heterocycles. The van der Waals surface area contributed by atoms with Gasteiger partial charge in [0.25, 0.3) is 5.56 Å². The topological polar surface area (TPSA) is 62.5 Å². The summed E-state index contributed by atoms with van der Waals surface area (Å²) in [7, 11) is 0. The van der Waals surface area contributed by atoms with Crippen LogP contribution in [-0.4, -0.2) is 33.0 Å². The van der Waals surface area contributed by atoms with Crippen LogP contribution >= 0.6 is 11.9 Å². The number of hydrogen-bond acceptors (Lipinski definition) is 4. The van der Waals surface area contributed by atoms with Crippen molar-refractivity contribution in [3.63, 3.8) is 0 Å². The first-order valence-electron chi connectivity index (χ1n) is 12.4. The van der Waals surface area contributed by atoms with Crippen LogP contribution in [0.25, 0.3) is 21.9 Å². The summed E-state index contributed by atoms with van der Waals surface area (Å²) in [5.74, 6) is -1.18. The van der Waals surface area contributed by atoms with E-state index in [1.54, 1.807) is 12.1 Å². The van der Waals surface area contributed by atoms with E-state index in [0.717, 1.165) is 28.5 Å². The molecule has 5 rings (SSSR count). The summed E-state index contributed by atoms with van der Waals surface area (Å²) >= 11 is 1.20. The van der Waals surface area contributed by atoms with E-state index in [0.29, 0.717) is 29.1 Å². The van der Waals surface area contributed by atoms with Gasteiger partial charge in [0, 0.05) is 24.7 Å². The number of halogens is 3. The van der Waals surface area contributed by atoms with Gasteiger partial charge in [-0.3, -0.25) is 9.36 Å². The number of benzene rings is 3. The highest BCUT2D eigenvalue weighted by Gasteiger charge is 2.35. The van der Waals surface area contributed by atoms with E-state index in [2.05, 4.69) is 6.58 Å². The van der Waals surface area contributed by atoms with Crippen LogP contribution in [0.2, 0.25) is 0 Å². The number of pyridine rings is 1. The molecule has 0 saturated carbocycles. The van der Waals surface area contributed by atoms with Crippen LogP contribution in [0, 0.1) is 0 Å². The van der Waals surface area contributed by atoms with Crippen molar-refractivity contribution in [2.45, 2.75) is 30.1 Å². The maximum absolute atomic E-state index is 13.7. The molecule has 0 radical (unpaired) electrons. The van der Waals surface area contributed by atoms with Gasteiger partial charge >= 0.3 is 12.1 Å². The predicted octanol–water partition coefficient (Wildman–Crippen LogP) is 6.80. The number of rotatable bonds is 7. The Labute approximate surface area is 227 Å². The molecular weight excluding hydrogens is 525 g/mol. The summed E-state index contributed by atoms with van der Waals surface area (Å²) in [6.07, 6.45) is -1.99. The number of aliphatic carboxylic acids is 1. The lowest BCUT2D eigenvalue weighted by atomic mass is 9.93. The number of fused-ring (bicyclic) bond motifs is 2. The van der Waals surface area contributed by atoms with Gasteiger partial charge in [0.2, 0.25) is 0 Å². The summed E-state index contributed by atoms with van der Waals surface area (Å²) in [6.45, 7) is 4.28. The molecule has 3 aromatic carbocycles. The molecule has 0 fully saturated rings. The van der Waals surface area contributed by atoms with Gasteiger partial charge in [-0.2, -0.15) is 13.2 Å². The molecule has 0 aliphatic carbocycles. The fourth-order valence-corrected chi connectivity index (χ4v) is 6.28. The second-order valence-electron chi connectivity index (χ2n) is 9.36. The van der Waals surface area contributed by atoms with Gasteiger partial charge in [-0.1, -0.05) is 60.7 Å². The second kappa shape index (κ2) is 10.7. The molecule has 5 nitrogen and oxygen atoms in total. The van der Waals surface area contributed by atoms with Crippen molar-refractivity contribution in [1.82, 2.24) is 8.87 Å². The van der Waals surface area contributed by atoms with Gasteiger partial charge in [-0.15, -0.1) is 6.58 Å². The van der Waals surface area contributed by atoms with Crippen molar-refractivity contribution in [3.05, 3.63) is 112 Å². The lowest BCUT2D eigenvalue weighted by Crippen LogP contribution is -2.42. The molecule has 1 aliphatic rings. The molecule has 39 heavy (non-hydrogen) atoms. The number of hydrogen-bond donors (Lipinski definition) is 1. The molecule has 0 bridgehead atoms. The quantitative estimate of drug-likeness (QED) is 0.203. The summed E-state index contributed by atoms with van der Waals surface area (Å²) in [5, 5.41) is 12.3. The third-order valence-electron chi connectivity index (χ3n) is 6.80. The zero-order valence-corrected chi connectivity index (χ0v) is 21.6. The number of nitrogens with zero attached hydrogens (tertiary/aromatic N) is 2. The van der Waals surface area contributed by atoms with E-state index in [1.807, 2.05) is 46.8 Å². The van der Waals surface area contributed by atoms with Crippen LogP contribution in [0.15, 0.2) is 95.3 Å². The van der Waals surface area contributed by atoms with E-state index in [1.165, 1.54) is 28.6 Å². The Bertz CT molecular complexity index is 1630. The lowest BCUT2D eigenvalue weighted by Gasteiger charge is -2.34. The van der Waals surface area contributed by atoms with E-state index in [4.69, 9.17) is 0 Å². The van der Waals surface area contributed by atoms with Gasteiger partial charge < -0.3 is 5.11 Å². The van der Waals surface area contributed by atoms with Crippen LogP contribution in [0.4, 0.5) is 13.2 Å². The molecule has 1 aliphatic heterocycles. The maximum atomic E-state index is 13.7. The summed E-state index contributed by atoms with van der Waals surface area (Å²) in [5.41, 5.74) is 0.813. The summed E-state index contributed by atoms with van der Waals surface area (Å²) < 4.78 is 44.2. The lowest BCUT2D eigenvalue weighted by molar-refractivity contribution is -0.141. The van der Waals surface area contributed by atoms with E-state index in [-0.39, 0.29) is 18.5 Å². The average Bonchev–Trinajstić information content (AvgIpc) is 2.91. The molecule has 1 atom stereocenters. The monoisotopic (exact) mass is 550 g/mol. The van der Waals surface area contributed by atoms with Gasteiger partial charge in [-0.25, -0.2) is 9.10 Å². The molecule has 1 unspecified atom stereocenters. The van der Waals surface area contributed by atoms with Crippen LogP contribution in [-0.2, 0) is 17.4 Å². The van der Waals surface area contributed by atoms with Crippen molar-refractivity contribution in [2.75, 3.05) is 13.1 Å². The first-order chi connectivity index (χ1) is 18.7. The van der Waals surface area contributed by atoms with Crippen molar-refractivity contribution < 1.29 is 23.1 Å². The molecule has 1 N–H and O–H groups in total. The van der Waals surface area contributed by atoms with Crippen LogP contribution < -0.4 is 5.56 Å². The van der Waals surface area contributed by atoms with Crippen LogP contribution in [0.3, 0.4) is 0 Å².